The molecule has 5 rings (SSSR count). The molecule has 0 spiro atoms. The number of hydrogen-bond donors (Lipinski definition) is 0. The number of hydrogen-bond acceptors (Lipinski definition) is 3. The van der Waals surface area contributed by atoms with Crippen molar-refractivity contribution in [3.63, 3.8) is 0 Å². The maximum atomic E-state index is 12.6. The van der Waals surface area contributed by atoms with Crippen LogP contribution in [0.4, 0.5) is 4.79 Å². The van der Waals surface area contributed by atoms with Gasteiger partial charge in [-0.25, -0.2) is 4.79 Å². The summed E-state index contributed by atoms with van der Waals surface area (Å²) < 4.78 is 11.3. The van der Waals surface area contributed by atoms with E-state index in [0.29, 0.717) is 6.61 Å². The van der Waals surface area contributed by atoms with Gasteiger partial charge >= 0.3 is 6.16 Å². The van der Waals surface area contributed by atoms with Crippen LogP contribution in [0.15, 0.2) is 97.1 Å². The second-order valence-electron chi connectivity index (χ2n) is 15.0. The predicted molar refractivity (Wildman–Crippen MR) is 191 cm³/mol. The monoisotopic (exact) mass is 616 g/mol. The Morgan fingerprint density at radius 1 is 0.652 bits per heavy atom. The van der Waals surface area contributed by atoms with E-state index in [1.165, 1.54) is 44.5 Å². The minimum atomic E-state index is -0.572. The molecule has 0 N–H and O–H groups in total. The van der Waals surface area contributed by atoms with Crippen LogP contribution in [0.1, 0.15) is 121 Å². The minimum absolute atomic E-state index is 0.149. The van der Waals surface area contributed by atoms with Crippen LogP contribution < -0.4 is 0 Å². The molecule has 0 heterocycles. The molecule has 0 amide bonds. The van der Waals surface area contributed by atoms with Crippen LogP contribution >= 0.6 is 0 Å². The van der Waals surface area contributed by atoms with Crippen LogP contribution in [0, 0.1) is 0 Å². The van der Waals surface area contributed by atoms with Gasteiger partial charge < -0.3 is 9.47 Å². The lowest BCUT2D eigenvalue weighted by Crippen LogP contribution is -2.29. The number of fused-ring (bicyclic) bond motifs is 3. The average Bonchev–Trinajstić information content (AvgIpc) is 3.30. The molecule has 46 heavy (non-hydrogen) atoms. The van der Waals surface area contributed by atoms with Crippen molar-refractivity contribution < 1.29 is 14.3 Å². The Kier molecular flexibility index (Phi) is 9.55. The van der Waals surface area contributed by atoms with Gasteiger partial charge in [0.25, 0.3) is 0 Å². The number of ether oxygens (including phenoxy) is 2. The van der Waals surface area contributed by atoms with Gasteiger partial charge in [0.15, 0.2) is 0 Å². The van der Waals surface area contributed by atoms with Gasteiger partial charge in [-0.2, -0.15) is 0 Å². The SMILES string of the molecule is CCCCC(C)(C)OC(=O)OCCCC1(C)c2cc(C(C)(C)c3ccccc3)ccc2-c2ccc(C(C)(C)c3ccccc3)cc21. The Labute approximate surface area is 277 Å². The third kappa shape index (κ3) is 6.66. The molecular weight excluding hydrogens is 564 g/mol. The highest BCUT2D eigenvalue weighted by atomic mass is 16.7. The van der Waals surface area contributed by atoms with Crippen LogP contribution in [0.2, 0.25) is 0 Å². The number of rotatable bonds is 12. The first-order valence-corrected chi connectivity index (χ1v) is 17.1. The Morgan fingerprint density at radius 2 is 1.13 bits per heavy atom. The molecule has 242 valence electrons. The van der Waals surface area contributed by atoms with Gasteiger partial charge in [-0.3, -0.25) is 0 Å². The van der Waals surface area contributed by atoms with Gasteiger partial charge in [0.2, 0.25) is 0 Å². The van der Waals surface area contributed by atoms with Gasteiger partial charge in [0, 0.05) is 16.2 Å². The number of unbranched alkanes of at least 4 members (excludes halogenated alkanes) is 1. The first-order chi connectivity index (χ1) is 21.8. The summed E-state index contributed by atoms with van der Waals surface area (Å²) in [7, 11) is 0. The van der Waals surface area contributed by atoms with E-state index in [2.05, 4.69) is 139 Å². The van der Waals surface area contributed by atoms with Crippen molar-refractivity contribution in [1.82, 2.24) is 0 Å². The van der Waals surface area contributed by atoms with E-state index in [1.807, 2.05) is 13.8 Å². The van der Waals surface area contributed by atoms with Crippen LogP contribution in [0.5, 0.6) is 0 Å². The Hall–Kier alpha value is -3.85. The number of carbonyl (C=O) groups excluding carboxylic acids is 1. The van der Waals surface area contributed by atoms with E-state index in [0.717, 1.165) is 32.1 Å². The van der Waals surface area contributed by atoms with Crippen LogP contribution in [-0.2, 0) is 25.7 Å². The zero-order valence-corrected chi connectivity index (χ0v) is 29.2. The van der Waals surface area contributed by atoms with E-state index >= 15 is 0 Å². The van der Waals surface area contributed by atoms with Crippen LogP contribution in [0.25, 0.3) is 11.1 Å². The largest absolute Gasteiger partial charge is 0.508 e. The molecule has 0 atom stereocenters. The summed E-state index contributed by atoms with van der Waals surface area (Å²) in [4.78, 5) is 12.6. The molecule has 0 aliphatic heterocycles. The van der Waals surface area contributed by atoms with Crippen molar-refractivity contribution in [3.8, 4) is 11.1 Å². The lowest BCUT2D eigenvalue weighted by molar-refractivity contribution is -0.0219. The summed E-state index contributed by atoms with van der Waals surface area (Å²) >= 11 is 0. The van der Waals surface area contributed by atoms with Gasteiger partial charge in [-0.1, -0.05) is 145 Å². The molecule has 1 aliphatic rings. The first kappa shape index (κ1) is 33.5. The second-order valence-corrected chi connectivity index (χ2v) is 15.0. The lowest BCUT2D eigenvalue weighted by Gasteiger charge is -2.32. The maximum absolute atomic E-state index is 12.6. The zero-order valence-electron chi connectivity index (χ0n) is 29.2. The maximum Gasteiger partial charge on any atom is 0.508 e. The van der Waals surface area contributed by atoms with Gasteiger partial charge in [0.1, 0.15) is 5.60 Å². The molecule has 4 aromatic rings. The normalized spacial score (nSPS) is 14.0. The highest BCUT2D eigenvalue weighted by Gasteiger charge is 2.41. The van der Waals surface area contributed by atoms with Crippen LogP contribution in [-0.4, -0.2) is 18.4 Å². The standard InChI is InChI=1S/C43H52O3/c1-9-10-26-40(2,3)46-39(44)45-28-17-27-43(8)37-29-33(41(4,5)31-18-13-11-14-19-31)22-24-35(37)36-25-23-34(30-38(36)43)42(6,7)32-20-15-12-16-21-32/h11-16,18-25,29-30H,9-10,17,26-28H2,1-8H3. The number of benzene rings is 4. The molecule has 0 radical (unpaired) electrons. The third-order valence-electron chi connectivity index (χ3n) is 10.5. The summed E-state index contributed by atoms with van der Waals surface area (Å²) in [5, 5.41) is 0. The molecule has 1 aliphatic carbocycles. The zero-order chi connectivity index (χ0) is 33.2. The minimum Gasteiger partial charge on any atom is -0.434 e. The topological polar surface area (TPSA) is 35.5 Å². The van der Waals surface area contributed by atoms with E-state index in [9.17, 15) is 4.79 Å². The van der Waals surface area contributed by atoms with Gasteiger partial charge in [0.05, 0.1) is 6.61 Å². The molecule has 4 aromatic carbocycles. The molecule has 3 heteroatoms. The smallest absolute Gasteiger partial charge is 0.434 e. The van der Waals surface area contributed by atoms with Crippen molar-refractivity contribution in [3.05, 3.63) is 130 Å². The fourth-order valence-electron chi connectivity index (χ4n) is 7.20. The highest BCUT2D eigenvalue weighted by molar-refractivity contribution is 5.82. The average molecular weight is 617 g/mol. The summed E-state index contributed by atoms with van der Waals surface area (Å²) in [6.45, 7) is 18.0. The lowest BCUT2D eigenvalue weighted by atomic mass is 9.71. The summed E-state index contributed by atoms with van der Waals surface area (Å²) in [5.41, 5.74) is 9.43. The van der Waals surface area contributed by atoms with E-state index in [1.54, 1.807) is 0 Å². The Bertz CT molecular complexity index is 1550. The van der Waals surface area contributed by atoms with Crippen molar-refractivity contribution in [1.29, 1.82) is 0 Å². The number of carbonyl (C=O) groups is 1. The molecule has 3 nitrogen and oxygen atoms in total. The fourth-order valence-corrected chi connectivity index (χ4v) is 7.20. The van der Waals surface area contributed by atoms with Crippen LogP contribution in [0.3, 0.4) is 0 Å². The Balaban J connectivity index is 1.47. The molecule has 0 bridgehead atoms. The molecular formula is C43H52O3. The second kappa shape index (κ2) is 13.1. The molecule has 0 aromatic heterocycles. The van der Waals surface area contributed by atoms with Crippen molar-refractivity contribution >= 4 is 6.16 Å². The van der Waals surface area contributed by atoms with E-state index in [-0.39, 0.29) is 16.2 Å². The third-order valence-corrected chi connectivity index (χ3v) is 10.5. The fraction of sp³-hybridized carbons (Fsp3) is 0.419. The quantitative estimate of drug-likeness (QED) is 0.117. The summed E-state index contributed by atoms with van der Waals surface area (Å²) in [6.07, 6.45) is 3.93. The summed E-state index contributed by atoms with van der Waals surface area (Å²) in [5.74, 6) is 0. The van der Waals surface area contributed by atoms with Gasteiger partial charge in [-0.05, 0) is 84.0 Å². The first-order valence-electron chi connectivity index (χ1n) is 17.1. The van der Waals surface area contributed by atoms with Crippen molar-refractivity contribution in [2.45, 2.75) is 109 Å². The predicted octanol–water partition coefficient (Wildman–Crippen LogP) is 11.5. The van der Waals surface area contributed by atoms with Crippen molar-refractivity contribution in [2.24, 2.45) is 0 Å². The van der Waals surface area contributed by atoms with E-state index < -0.39 is 11.8 Å². The van der Waals surface area contributed by atoms with Gasteiger partial charge in [-0.15, -0.1) is 0 Å². The Morgan fingerprint density at radius 3 is 1.59 bits per heavy atom. The van der Waals surface area contributed by atoms with Crippen molar-refractivity contribution in [2.75, 3.05) is 6.61 Å². The van der Waals surface area contributed by atoms with E-state index in [4.69, 9.17) is 9.47 Å². The molecule has 0 saturated heterocycles. The molecule has 0 saturated carbocycles. The molecule has 0 fully saturated rings. The summed E-state index contributed by atoms with van der Waals surface area (Å²) in [6, 6.07) is 35.7. The highest BCUT2D eigenvalue weighted by Crippen LogP contribution is 2.53. The molecule has 0 unspecified atom stereocenters.